The summed E-state index contributed by atoms with van der Waals surface area (Å²) in [6.45, 7) is 1.66. The van der Waals surface area contributed by atoms with E-state index in [9.17, 15) is 24.1 Å². The number of halogens is 1. The topological polar surface area (TPSA) is 95.7 Å². The average Bonchev–Trinajstić information content (AvgIpc) is 2.44. The van der Waals surface area contributed by atoms with Gasteiger partial charge in [0, 0.05) is 12.0 Å². The molecule has 0 saturated carbocycles. The molecular weight excluding hydrogens is 285 g/mol. The van der Waals surface area contributed by atoms with Gasteiger partial charge in [-0.3, -0.25) is 10.1 Å². The monoisotopic (exact) mass is 295 g/mol. The molecule has 110 valence electrons. The number of hydrogen-bond acceptors (Lipinski definition) is 6. The highest BCUT2D eigenvalue weighted by Gasteiger charge is 2.23. The molecule has 0 aliphatic carbocycles. The molecular formula is C13H10FNO6. The summed E-state index contributed by atoms with van der Waals surface area (Å²) in [5, 5.41) is 10.9. The third-order valence-electron chi connectivity index (χ3n) is 2.26. The molecule has 1 aromatic rings. The first-order valence-corrected chi connectivity index (χ1v) is 5.65. The lowest BCUT2D eigenvalue weighted by atomic mass is 10.1. The third-order valence-corrected chi connectivity index (χ3v) is 2.26. The van der Waals surface area contributed by atoms with Crippen LogP contribution in [0.2, 0.25) is 0 Å². The van der Waals surface area contributed by atoms with Crippen LogP contribution in [-0.4, -0.2) is 30.6 Å². The van der Waals surface area contributed by atoms with Crippen molar-refractivity contribution in [2.45, 2.75) is 6.92 Å². The normalized spacial score (nSPS) is 9.29. The number of nitrogens with zero attached hydrogens (tertiary/aromatic N) is 1. The SMILES string of the molecule is CCOC(=O)C#Cc1cc([N+](=O)[O-])c(C(=O)OC)cc1F. The van der Waals surface area contributed by atoms with Gasteiger partial charge in [-0.05, 0) is 13.0 Å². The quantitative estimate of drug-likeness (QED) is 0.362. The fraction of sp³-hybridized carbons (Fsp3) is 0.231. The first kappa shape index (κ1) is 16.1. The van der Waals surface area contributed by atoms with Gasteiger partial charge in [0.05, 0.1) is 24.2 Å². The zero-order chi connectivity index (χ0) is 16.0. The molecule has 0 atom stereocenters. The average molecular weight is 295 g/mol. The Morgan fingerprint density at radius 2 is 2.10 bits per heavy atom. The zero-order valence-electron chi connectivity index (χ0n) is 11.1. The van der Waals surface area contributed by atoms with E-state index in [0.29, 0.717) is 6.07 Å². The summed E-state index contributed by atoms with van der Waals surface area (Å²) in [6.07, 6.45) is 0. The van der Waals surface area contributed by atoms with E-state index in [1.807, 2.05) is 5.92 Å². The van der Waals surface area contributed by atoms with E-state index in [-0.39, 0.29) is 6.61 Å². The molecule has 0 amide bonds. The molecule has 0 radical (unpaired) electrons. The smallest absolute Gasteiger partial charge is 0.384 e. The number of carbonyl (C=O) groups excluding carboxylic acids is 2. The molecule has 0 aliphatic rings. The summed E-state index contributed by atoms with van der Waals surface area (Å²) < 4.78 is 22.6. The van der Waals surface area contributed by atoms with Gasteiger partial charge in [0.1, 0.15) is 11.4 Å². The molecule has 7 nitrogen and oxygen atoms in total. The molecule has 1 aromatic carbocycles. The van der Waals surface area contributed by atoms with Gasteiger partial charge < -0.3 is 9.47 Å². The van der Waals surface area contributed by atoms with Crippen LogP contribution in [0.1, 0.15) is 22.8 Å². The maximum atomic E-state index is 13.7. The van der Waals surface area contributed by atoms with Crippen LogP contribution >= 0.6 is 0 Å². The summed E-state index contributed by atoms with van der Waals surface area (Å²) >= 11 is 0. The lowest BCUT2D eigenvalue weighted by Crippen LogP contribution is -2.07. The number of ether oxygens (including phenoxy) is 2. The van der Waals surface area contributed by atoms with Crippen LogP contribution in [0.15, 0.2) is 12.1 Å². The van der Waals surface area contributed by atoms with E-state index in [0.717, 1.165) is 13.2 Å². The van der Waals surface area contributed by atoms with E-state index in [4.69, 9.17) is 0 Å². The molecule has 0 aromatic heterocycles. The summed E-state index contributed by atoms with van der Waals surface area (Å²) in [4.78, 5) is 32.4. The predicted molar refractivity (Wildman–Crippen MR) is 67.9 cm³/mol. The van der Waals surface area contributed by atoms with Crippen molar-refractivity contribution >= 4 is 17.6 Å². The summed E-state index contributed by atoms with van der Waals surface area (Å²) in [5.74, 6) is 1.17. The molecule has 0 bridgehead atoms. The highest BCUT2D eigenvalue weighted by molar-refractivity contribution is 5.94. The van der Waals surface area contributed by atoms with Gasteiger partial charge in [0.2, 0.25) is 0 Å². The Bertz CT molecular complexity index is 659. The van der Waals surface area contributed by atoms with Crippen molar-refractivity contribution in [2.24, 2.45) is 0 Å². The molecule has 0 saturated heterocycles. The Hall–Kier alpha value is -2.95. The summed E-state index contributed by atoms with van der Waals surface area (Å²) in [6, 6.07) is 1.40. The molecule has 0 aliphatic heterocycles. The Labute approximate surface area is 118 Å². The number of nitro benzene ring substituents is 1. The second kappa shape index (κ2) is 7.00. The fourth-order valence-corrected chi connectivity index (χ4v) is 1.37. The van der Waals surface area contributed by atoms with Crippen LogP contribution < -0.4 is 0 Å². The van der Waals surface area contributed by atoms with Crippen molar-refractivity contribution in [3.05, 3.63) is 39.2 Å². The van der Waals surface area contributed by atoms with E-state index >= 15 is 0 Å². The van der Waals surface area contributed by atoms with Gasteiger partial charge in [0.25, 0.3) is 5.69 Å². The summed E-state index contributed by atoms with van der Waals surface area (Å²) in [5.41, 5.74) is -1.61. The van der Waals surface area contributed by atoms with E-state index in [2.05, 4.69) is 15.4 Å². The second-order valence-corrected chi connectivity index (χ2v) is 3.57. The zero-order valence-corrected chi connectivity index (χ0v) is 11.1. The van der Waals surface area contributed by atoms with Gasteiger partial charge in [0.15, 0.2) is 0 Å². The minimum Gasteiger partial charge on any atom is -0.465 e. The number of carbonyl (C=O) groups is 2. The van der Waals surface area contributed by atoms with Gasteiger partial charge in [-0.25, -0.2) is 14.0 Å². The van der Waals surface area contributed by atoms with Crippen molar-refractivity contribution < 1.29 is 28.4 Å². The molecule has 0 unspecified atom stereocenters. The van der Waals surface area contributed by atoms with Gasteiger partial charge in [-0.1, -0.05) is 5.92 Å². The highest BCUT2D eigenvalue weighted by Crippen LogP contribution is 2.23. The minimum absolute atomic E-state index is 0.0947. The Kier molecular flexibility index (Phi) is 5.37. The molecule has 21 heavy (non-hydrogen) atoms. The number of methoxy groups -OCH3 is 1. The molecule has 0 N–H and O–H groups in total. The van der Waals surface area contributed by atoms with Crippen LogP contribution in [-0.2, 0) is 14.3 Å². The largest absolute Gasteiger partial charge is 0.465 e. The van der Waals surface area contributed by atoms with Gasteiger partial charge in [-0.2, -0.15) is 0 Å². The molecule has 0 spiro atoms. The number of nitro groups is 1. The van der Waals surface area contributed by atoms with Crippen LogP contribution in [0.25, 0.3) is 0 Å². The lowest BCUT2D eigenvalue weighted by Gasteiger charge is -2.02. The molecule has 0 fully saturated rings. The van der Waals surface area contributed by atoms with E-state index < -0.39 is 39.5 Å². The first-order chi connectivity index (χ1) is 9.90. The fourth-order valence-electron chi connectivity index (χ4n) is 1.37. The van der Waals surface area contributed by atoms with Crippen molar-refractivity contribution in [1.29, 1.82) is 0 Å². The van der Waals surface area contributed by atoms with Crippen molar-refractivity contribution in [1.82, 2.24) is 0 Å². The summed E-state index contributed by atoms with van der Waals surface area (Å²) in [7, 11) is 1.01. The van der Waals surface area contributed by atoms with E-state index in [1.54, 1.807) is 6.92 Å². The van der Waals surface area contributed by atoms with Crippen molar-refractivity contribution in [3.63, 3.8) is 0 Å². The number of rotatable bonds is 3. The second-order valence-electron chi connectivity index (χ2n) is 3.57. The van der Waals surface area contributed by atoms with Gasteiger partial charge in [-0.15, -0.1) is 0 Å². The maximum absolute atomic E-state index is 13.7. The number of hydrogen-bond donors (Lipinski definition) is 0. The standard InChI is InChI=1S/C13H10FNO6/c1-3-21-12(16)5-4-8-6-11(15(18)19)9(7-10(8)14)13(17)20-2/h6-7H,3H2,1-2H3. The highest BCUT2D eigenvalue weighted by atomic mass is 19.1. The third kappa shape index (κ3) is 4.01. The van der Waals surface area contributed by atoms with Crippen molar-refractivity contribution in [3.8, 4) is 11.8 Å². The molecule has 1 rings (SSSR count). The van der Waals surface area contributed by atoms with Gasteiger partial charge >= 0.3 is 11.9 Å². The first-order valence-electron chi connectivity index (χ1n) is 5.65. The Morgan fingerprint density at radius 1 is 1.43 bits per heavy atom. The number of benzene rings is 1. The van der Waals surface area contributed by atoms with E-state index in [1.165, 1.54) is 0 Å². The lowest BCUT2D eigenvalue weighted by molar-refractivity contribution is -0.385. The van der Waals surface area contributed by atoms with Crippen LogP contribution in [0.5, 0.6) is 0 Å². The van der Waals surface area contributed by atoms with Crippen LogP contribution in [0.4, 0.5) is 10.1 Å². The predicted octanol–water partition coefficient (Wildman–Crippen LogP) is 1.44. The Balaban J connectivity index is 3.31. The van der Waals surface area contributed by atoms with Crippen LogP contribution in [0.3, 0.4) is 0 Å². The van der Waals surface area contributed by atoms with Crippen LogP contribution in [0, 0.1) is 27.8 Å². The number of esters is 2. The maximum Gasteiger partial charge on any atom is 0.384 e. The molecule has 8 heteroatoms. The Morgan fingerprint density at radius 3 is 2.62 bits per heavy atom. The minimum atomic E-state index is -1.05. The molecule has 0 heterocycles. The van der Waals surface area contributed by atoms with Crippen molar-refractivity contribution in [2.75, 3.05) is 13.7 Å².